The van der Waals surface area contributed by atoms with Gasteiger partial charge in [-0.05, 0) is 30.3 Å². The van der Waals surface area contributed by atoms with Gasteiger partial charge in [0.2, 0.25) is 17.4 Å². The maximum Gasteiger partial charge on any atom is 0.302 e. The SMILES string of the molecule is CN1CCN(C(=O)Cn2ccn3c(=O)c(OCc4ccccc4)c(-c4ncc(Cc5ccc(F)cc5)s4)nc23)CC1. The number of likely N-dealkylation sites (N-methyl/N-ethyl adjacent to an activating group) is 1. The fourth-order valence-electron chi connectivity index (χ4n) is 4.79. The van der Waals surface area contributed by atoms with Crippen molar-refractivity contribution in [3.63, 3.8) is 0 Å². The molecule has 0 unspecified atom stereocenters. The number of halogens is 1. The topological polar surface area (TPSA) is 85.0 Å². The quantitative estimate of drug-likeness (QED) is 0.282. The van der Waals surface area contributed by atoms with Crippen LogP contribution in [0.2, 0.25) is 0 Å². The van der Waals surface area contributed by atoms with E-state index in [0.29, 0.717) is 36.0 Å². The average Bonchev–Trinajstić information content (AvgIpc) is 3.62. The number of carbonyl (C=O) groups excluding carboxylic acids is 1. The standard InChI is InChI=1S/C30H29FN6O3S/c1-34-11-13-35(14-12-34)25(38)19-36-15-16-37-29(39)27(40-20-22-5-3-2-4-6-22)26(33-30(36)37)28-32-18-24(41-28)17-21-7-9-23(31)10-8-21/h2-10,15-16,18H,11-14,17,19-20H2,1H3. The maximum atomic E-state index is 13.7. The lowest BCUT2D eigenvalue weighted by atomic mass is 10.1. The number of amides is 1. The van der Waals surface area contributed by atoms with E-state index >= 15 is 0 Å². The Morgan fingerprint density at radius 1 is 1.00 bits per heavy atom. The van der Waals surface area contributed by atoms with E-state index < -0.39 is 0 Å². The summed E-state index contributed by atoms with van der Waals surface area (Å²) in [6, 6.07) is 15.9. The van der Waals surface area contributed by atoms with Gasteiger partial charge in [0.05, 0.1) is 0 Å². The van der Waals surface area contributed by atoms with Crippen LogP contribution in [0.3, 0.4) is 0 Å². The summed E-state index contributed by atoms with van der Waals surface area (Å²) in [4.78, 5) is 41.2. The van der Waals surface area contributed by atoms with Gasteiger partial charge < -0.3 is 19.1 Å². The Labute approximate surface area is 240 Å². The Bertz CT molecular complexity index is 1720. The summed E-state index contributed by atoms with van der Waals surface area (Å²) in [5.74, 6) is 0.130. The van der Waals surface area contributed by atoms with Crippen molar-refractivity contribution in [2.24, 2.45) is 0 Å². The van der Waals surface area contributed by atoms with Gasteiger partial charge in [0.15, 0.2) is 5.69 Å². The van der Waals surface area contributed by atoms with Crippen LogP contribution >= 0.6 is 11.3 Å². The molecule has 0 bridgehead atoms. The molecule has 6 rings (SSSR count). The molecule has 1 saturated heterocycles. The number of thiazole rings is 1. The third-order valence-corrected chi connectivity index (χ3v) is 8.15. The van der Waals surface area contributed by atoms with E-state index in [1.54, 1.807) is 35.3 Å². The number of hydrogen-bond donors (Lipinski definition) is 0. The largest absolute Gasteiger partial charge is 0.481 e. The van der Waals surface area contributed by atoms with Gasteiger partial charge in [-0.3, -0.25) is 9.59 Å². The van der Waals surface area contributed by atoms with Crippen LogP contribution in [0.5, 0.6) is 5.75 Å². The zero-order valence-electron chi connectivity index (χ0n) is 22.6. The van der Waals surface area contributed by atoms with Crippen LogP contribution in [-0.2, 0) is 24.4 Å². The Hall–Kier alpha value is -4.35. The molecule has 0 spiro atoms. The van der Waals surface area contributed by atoms with Crippen LogP contribution in [0.1, 0.15) is 16.0 Å². The summed E-state index contributed by atoms with van der Waals surface area (Å²) >= 11 is 1.40. The number of ether oxygens (including phenoxy) is 1. The first-order valence-electron chi connectivity index (χ1n) is 13.4. The first-order valence-corrected chi connectivity index (χ1v) is 14.2. The van der Waals surface area contributed by atoms with Crippen molar-refractivity contribution in [1.29, 1.82) is 0 Å². The van der Waals surface area contributed by atoms with Crippen molar-refractivity contribution in [2.75, 3.05) is 33.2 Å². The molecule has 3 aromatic heterocycles. The highest BCUT2D eigenvalue weighted by atomic mass is 32.1. The highest BCUT2D eigenvalue weighted by molar-refractivity contribution is 7.15. The zero-order chi connectivity index (χ0) is 28.3. The van der Waals surface area contributed by atoms with Crippen LogP contribution in [-0.4, -0.2) is 67.9 Å². The summed E-state index contributed by atoms with van der Waals surface area (Å²) in [6.07, 6.45) is 5.62. The highest BCUT2D eigenvalue weighted by Gasteiger charge is 2.24. The molecule has 0 aliphatic carbocycles. The Morgan fingerprint density at radius 2 is 1.76 bits per heavy atom. The molecule has 2 aromatic carbocycles. The minimum absolute atomic E-state index is 0.0211. The normalized spacial score (nSPS) is 14.0. The molecule has 41 heavy (non-hydrogen) atoms. The predicted molar refractivity (Wildman–Crippen MR) is 155 cm³/mol. The summed E-state index contributed by atoms with van der Waals surface area (Å²) < 4.78 is 22.6. The molecule has 0 radical (unpaired) electrons. The van der Waals surface area contributed by atoms with Gasteiger partial charge in [-0.2, -0.15) is 0 Å². The van der Waals surface area contributed by atoms with E-state index in [0.717, 1.165) is 29.1 Å². The van der Waals surface area contributed by atoms with Crippen LogP contribution in [0.25, 0.3) is 16.5 Å². The summed E-state index contributed by atoms with van der Waals surface area (Å²) in [6.45, 7) is 3.25. The van der Waals surface area contributed by atoms with Crippen molar-refractivity contribution in [3.05, 3.63) is 105 Å². The average molecular weight is 573 g/mol. The number of piperazine rings is 1. The van der Waals surface area contributed by atoms with Crippen molar-refractivity contribution >= 4 is 23.0 Å². The molecule has 0 atom stereocenters. The molecular formula is C30H29FN6O3S. The molecule has 11 heteroatoms. The van der Waals surface area contributed by atoms with Crippen molar-refractivity contribution in [2.45, 2.75) is 19.6 Å². The highest BCUT2D eigenvalue weighted by Crippen LogP contribution is 2.31. The number of benzene rings is 2. The number of fused-ring (bicyclic) bond motifs is 1. The number of hydrogen-bond acceptors (Lipinski definition) is 7. The maximum absolute atomic E-state index is 13.7. The zero-order valence-corrected chi connectivity index (χ0v) is 23.4. The van der Waals surface area contributed by atoms with E-state index in [1.165, 1.54) is 27.9 Å². The Balaban J connectivity index is 1.35. The summed E-state index contributed by atoms with van der Waals surface area (Å²) in [5, 5.41) is 0.530. The molecule has 210 valence electrons. The van der Waals surface area contributed by atoms with Gasteiger partial charge in [0.25, 0.3) is 0 Å². The third kappa shape index (κ3) is 5.91. The second kappa shape index (κ2) is 11.6. The summed E-state index contributed by atoms with van der Waals surface area (Å²) in [7, 11) is 2.04. The van der Waals surface area contributed by atoms with E-state index in [9.17, 15) is 14.0 Å². The van der Waals surface area contributed by atoms with E-state index in [2.05, 4.69) is 9.88 Å². The number of imidazole rings is 1. The predicted octanol–water partition coefficient (Wildman–Crippen LogP) is 3.70. The first kappa shape index (κ1) is 26.9. The number of rotatable bonds is 8. The minimum atomic E-state index is -0.373. The second-order valence-electron chi connectivity index (χ2n) is 10.1. The smallest absolute Gasteiger partial charge is 0.302 e. The van der Waals surface area contributed by atoms with Crippen LogP contribution in [0.4, 0.5) is 4.39 Å². The van der Waals surface area contributed by atoms with E-state index in [-0.39, 0.29) is 36.2 Å². The van der Waals surface area contributed by atoms with Crippen molar-refractivity contribution < 1.29 is 13.9 Å². The molecule has 1 aliphatic rings. The van der Waals surface area contributed by atoms with Gasteiger partial charge in [0.1, 0.15) is 24.0 Å². The molecule has 1 amide bonds. The Kier molecular flexibility index (Phi) is 7.62. The van der Waals surface area contributed by atoms with Gasteiger partial charge in [-0.1, -0.05) is 42.5 Å². The summed E-state index contributed by atoms with van der Waals surface area (Å²) in [5.41, 5.74) is 1.81. The van der Waals surface area contributed by atoms with E-state index in [1.807, 2.05) is 42.3 Å². The molecule has 1 fully saturated rings. The lowest BCUT2D eigenvalue weighted by Gasteiger charge is -2.32. The third-order valence-electron chi connectivity index (χ3n) is 7.14. The lowest BCUT2D eigenvalue weighted by Crippen LogP contribution is -2.48. The molecule has 4 heterocycles. The molecule has 0 saturated carbocycles. The minimum Gasteiger partial charge on any atom is -0.481 e. The van der Waals surface area contributed by atoms with Gasteiger partial charge >= 0.3 is 5.56 Å². The Morgan fingerprint density at radius 3 is 2.51 bits per heavy atom. The molecule has 1 aliphatic heterocycles. The molecule has 5 aromatic rings. The first-order chi connectivity index (χ1) is 19.9. The van der Waals surface area contributed by atoms with Gasteiger partial charge in [-0.15, -0.1) is 11.3 Å². The van der Waals surface area contributed by atoms with Crippen molar-refractivity contribution in [3.8, 4) is 16.5 Å². The van der Waals surface area contributed by atoms with E-state index in [4.69, 9.17) is 9.72 Å². The number of aromatic nitrogens is 4. The van der Waals surface area contributed by atoms with Gasteiger partial charge in [0, 0.05) is 56.1 Å². The monoisotopic (exact) mass is 572 g/mol. The lowest BCUT2D eigenvalue weighted by molar-refractivity contribution is -0.133. The second-order valence-corrected chi connectivity index (χ2v) is 11.2. The van der Waals surface area contributed by atoms with Crippen LogP contribution in [0.15, 0.2) is 78.0 Å². The van der Waals surface area contributed by atoms with Crippen LogP contribution < -0.4 is 10.3 Å². The van der Waals surface area contributed by atoms with Crippen molar-refractivity contribution in [1.82, 2.24) is 28.7 Å². The number of nitrogens with zero attached hydrogens (tertiary/aromatic N) is 6. The fraction of sp³-hybridized carbons (Fsp3) is 0.267. The molecular weight excluding hydrogens is 543 g/mol. The number of carbonyl (C=O) groups is 1. The van der Waals surface area contributed by atoms with Crippen LogP contribution in [0, 0.1) is 5.82 Å². The van der Waals surface area contributed by atoms with Gasteiger partial charge in [-0.25, -0.2) is 18.8 Å². The fourth-order valence-corrected chi connectivity index (χ4v) is 5.72. The molecule has 9 nitrogen and oxygen atoms in total. The molecule has 0 N–H and O–H groups in total.